The van der Waals surface area contributed by atoms with Gasteiger partial charge in [-0.25, -0.2) is 18.7 Å². The van der Waals surface area contributed by atoms with Gasteiger partial charge >= 0.3 is 0 Å². The number of nitrogens with one attached hydrogen (secondary N) is 1. The van der Waals surface area contributed by atoms with Crippen molar-refractivity contribution in [2.45, 2.75) is 38.5 Å². The maximum Gasteiger partial charge on any atom is 0.181 e. The van der Waals surface area contributed by atoms with Crippen LogP contribution in [0.5, 0.6) is 0 Å². The van der Waals surface area contributed by atoms with E-state index in [0.29, 0.717) is 35.5 Å². The van der Waals surface area contributed by atoms with Crippen LogP contribution in [-0.4, -0.2) is 50.1 Å². The largest absolute Gasteiger partial charge is 0.390 e. The number of aliphatic hydroxyl groups excluding tert-OH is 1. The molecule has 0 spiro atoms. The number of hydrogen-bond donors (Lipinski definition) is 2. The number of aromatic nitrogens is 4. The van der Waals surface area contributed by atoms with Crippen molar-refractivity contribution in [3.63, 3.8) is 0 Å². The van der Waals surface area contributed by atoms with Gasteiger partial charge in [-0.05, 0) is 43.0 Å². The first-order chi connectivity index (χ1) is 13.4. The second-order valence-electron chi connectivity index (χ2n) is 7.83. The molecule has 28 heavy (non-hydrogen) atoms. The molecule has 154 valence electrons. The van der Waals surface area contributed by atoms with Gasteiger partial charge in [-0.3, -0.25) is 5.10 Å². The number of hydrogen-bond acceptors (Lipinski definition) is 5. The Hall–Kier alpha value is -2.61. The Balaban J connectivity index is 0.00000160. The summed E-state index contributed by atoms with van der Waals surface area (Å²) in [5, 5.41) is 17.8. The predicted molar refractivity (Wildman–Crippen MR) is 110 cm³/mol. The van der Waals surface area contributed by atoms with Gasteiger partial charge in [0.05, 0.1) is 18.3 Å². The Morgan fingerprint density at radius 1 is 1.39 bits per heavy atom. The van der Waals surface area contributed by atoms with Crippen molar-refractivity contribution in [3.8, 4) is 11.4 Å². The van der Waals surface area contributed by atoms with Crippen molar-refractivity contribution in [1.29, 1.82) is 0 Å². The second kappa shape index (κ2) is 7.09. The highest BCUT2D eigenvalue weighted by atomic mass is 19.1. The highest BCUT2D eigenvalue weighted by Crippen LogP contribution is 2.35. The van der Waals surface area contributed by atoms with E-state index in [4.69, 9.17) is 0 Å². The fourth-order valence-corrected chi connectivity index (χ4v) is 3.93. The number of alkyl halides is 1. The number of pyridine rings is 2. The quantitative estimate of drug-likeness (QED) is 0.694. The van der Waals surface area contributed by atoms with E-state index < -0.39 is 17.6 Å². The molecule has 0 bridgehead atoms. The molecule has 3 aromatic rings. The van der Waals surface area contributed by atoms with Gasteiger partial charge in [-0.15, -0.1) is 0 Å². The summed E-state index contributed by atoms with van der Waals surface area (Å²) in [6.07, 6.45) is 1.17. The van der Waals surface area contributed by atoms with E-state index >= 15 is 4.39 Å². The number of anilines is 1. The maximum absolute atomic E-state index is 15.4. The van der Waals surface area contributed by atoms with Gasteiger partial charge in [0.2, 0.25) is 0 Å². The highest BCUT2D eigenvalue weighted by molar-refractivity contribution is 5.89. The third kappa shape index (κ3) is 3.32. The lowest BCUT2D eigenvalue weighted by molar-refractivity contribution is -0.0340. The van der Waals surface area contributed by atoms with Crippen LogP contribution >= 0.6 is 0 Å². The van der Waals surface area contributed by atoms with E-state index in [-0.39, 0.29) is 28.9 Å². The minimum Gasteiger partial charge on any atom is -0.390 e. The van der Waals surface area contributed by atoms with Crippen molar-refractivity contribution < 1.29 is 18.2 Å². The lowest BCUT2D eigenvalue weighted by atomic mass is 9.84. The van der Waals surface area contributed by atoms with Crippen LogP contribution in [0, 0.1) is 11.7 Å². The third-order valence-corrected chi connectivity index (χ3v) is 5.19. The molecule has 2 atom stereocenters. The Bertz CT molecular complexity index is 1010. The van der Waals surface area contributed by atoms with Crippen LogP contribution in [0.1, 0.15) is 31.0 Å². The van der Waals surface area contributed by atoms with Gasteiger partial charge < -0.3 is 10.0 Å². The molecule has 0 aromatic carbocycles. The molecule has 8 heteroatoms. The van der Waals surface area contributed by atoms with Gasteiger partial charge in [-0.2, -0.15) is 5.10 Å². The summed E-state index contributed by atoms with van der Waals surface area (Å²) in [6, 6.07) is 6.41. The second-order valence-corrected chi connectivity index (χ2v) is 7.83. The van der Waals surface area contributed by atoms with Gasteiger partial charge in [0.1, 0.15) is 11.5 Å². The monoisotopic (exact) mass is 393 g/mol. The number of aromatic amines is 1. The molecule has 4 rings (SSSR count). The minimum atomic E-state index is -1.72. The molecule has 1 saturated heterocycles. The van der Waals surface area contributed by atoms with Crippen LogP contribution in [0.25, 0.3) is 22.4 Å². The van der Waals surface area contributed by atoms with Gasteiger partial charge in [0.15, 0.2) is 17.1 Å². The molecule has 2 N–H and O–H groups in total. The fourth-order valence-electron chi connectivity index (χ4n) is 3.93. The summed E-state index contributed by atoms with van der Waals surface area (Å²) in [4.78, 5) is 10.4. The standard InChI is InChI=1S/C20H23F2N5O.3H2/c1-12(2)10-20(22)11-27(9-7-15(20)28)16-6-5-14(21)18(24-16)17-13-4-3-8-23-19(13)26-25-17;;;/h3-6,8,12,15,28H,7,9-11H2,1-2H3,(H,23,25,26);3*1H/t15-,20-;;;/m1.../s1. The lowest BCUT2D eigenvalue weighted by Crippen LogP contribution is -2.55. The van der Waals surface area contributed by atoms with E-state index in [2.05, 4.69) is 20.2 Å². The van der Waals surface area contributed by atoms with Crippen molar-refractivity contribution in [1.82, 2.24) is 20.2 Å². The van der Waals surface area contributed by atoms with Crippen molar-refractivity contribution in [2.24, 2.45) is 5.92 Å². The smallest absolute Gasteiger partial charge is 0.181 e. The Morgan fingerprint density at radius 3 is 3.00 bits per heavy atom. The number of H-pyrrole nitrogens is 1. The molecule has 0 aliphatic carbocycles. The first-order valence-corrected chi connectivity index (χ1v) is 9.45. The molecule has 1 aliphatic heterocycles. The molecule has 4 heterocycles. The first kappa shape index (κ1) is 18.7. The average Bonchev–Trinajstić information content (AvgIpc) is 3.08. The van der Waals surface area contributed by atoms with Crippen LogP contribution in [0.4, 0.5) is 14.6 Å². The lowest BCUT2D eigenvalue weighted by Gasteiger charge is -2.42. The number of aliphatic hydroxyl groups is 1. The molecule has 6 nitrogen and oxygen atoms in total. The Kier molecular flexibility index (Phi) is 4.74. The Labute approximate surface area is 166 Å². The molecular weight excluding hydrogens is 364 g/mol. The van der Waals surface area contributed by atoms with Crippen molar-refractivity contribution in [3.05, 3.63) is 36.3 Å². The van der Waals surface area contributed by atoms with Crippen LogP contribution in [0.3, 0.4) is 0 Å². The molecule has 0 amide bonds. The predicted octanol–water partition coefficient (Wildman–Crippen LogP) is 4.22. The fraction of sp³-hybridized carbons (Fsp3) is 0.450. The maximum atomic E-state index is 15.4. The summed E-state index contributed by atoms with van der Waals surface area (Å²) in [5.74, 6) is 0.0878. The molecule has 0 saturated carbocycles. The molecule has 0 unspecified atom stereocenters. The number of fused-ring (bicyclic) bond motifs is 1. The zero-order valence-corrected chi connectivity index (χ0v) is 15.9. The van der Waals surface area contributed by atoms with E-state index in [9.17, 15) is 9.50 Å². The van der Waals surface area contributed by atoms with Gasteiger partial charge in [0, 0.05) is 22.4 Å². The van der Waals surface area contributed by atoms with E-state index in [1.807, 2.05) is 13.8 Å². The van der Waals surface area contributed by atoms with Gasteiger partial charge in [-0.1, -0.05) is 13.8 Å². The average molecular weight is 393 g/mol. The zero-order chi connectivity index (χ0) is 19.9. The van der Waals surface area contributed by atoms with Gasteiger partial charge in [0.25, 0.3) is 0 Å². The first-order valence-electron chi connectivity index (χ1n) is 9.45. The number of piperidine rings is 1. The Morgan fingerprint density at radius 2 is 2.21 bits per heavy atom. The normalized spacial score (nSPS) is 22.9. The minimum absolute atomic E-state index is 0. The molecule has 0 radical (unpaired) electrons. The van der Waals surface area contributed by atoms with E-state index in [0.717, 1.165) is 0 Å². The third-order valence-electron chi connectivity index (χ3n) is 5.19. The van der Waals surface area contributed by atoms with Crippen molar-refractivity contribution >= 4 is 16.9 Å². The highest BCUT2D eigenvalue weighted by Gasteiger charge is 2.44. The number of nitrogens with zero attached hydrogens (tertiary/aromatic N) is 4. The number of rotatable bonds is 4. The number of halogens is 2. The van der Waals surface area contributed by atoms with Crippen LogP contribution < -0.4 is 4.90 Å². The zero-order valence-electron chi connectivity index (χ0n) is 15.9. The summed E-state index contributed by atoms with van der Waals surface area (Å²) in [6.45, 7) is 4.33. The molecule has 3 aromatic heterocycles. The summed E-state index contributed by atoms with van der Waals surface area (Å²) >= 11 is 0. The van der Waals surface area contributed by atoms with Crippen LogP contribution in [-0.2, 0) is 0 Å². The van der Waals surface area contributed by atoms with Crippen molar-refractivity contribution in [2.75, 3.05) is 18.0 Å². The summed E-state index contributed by atoms with van der Waals surface area (Å²) < 4.78 is 29.9. The summed E-state index contributed by atoms with van der Waals surface area (Å²) in [5.41, 5.74) is -0.682. The summed E-state index contributed by atoms with van der Waals surface area (Å²) in [7, 11) is 0. The SMILES string of the molecule is CC(C)C[C@@]1(F)CN(c2ccc(F)c(-c3[nH]nc4ncccc34)n2)CC[C@H]1O.[HH].[HH].[HH]. The molecule has 1 aliphatic rings. The van der Waals surface area contributed by atoms with Crippen LogP contribution in [0.15, 0.2) is 30.5 Å². The molecule has 1 fully saturated rings. The molecular formula is C20H29F2N5O. The van der Waals surface area contributed by atoms with E-state index in [1.54, 1.807) is 29.3 Å². The van der Waals surface area contributed by atoms with E-state index in [1.165, 1.54) is 6.07 Å². The topological polar surface area (TPSA) is 77.9 Å². The van der Waals surface area contributed by atoms with Crippen LogP contribution in [0.2, 0.25) is 0 Å².